The van der Waals surface area contributed by atoms with Crippen LogP contribution >= 0.6 is 0 Å². The van der Waals surface area contributed by atoms with Crippen molar-refractivity contribution in [1.29, 1.82) is 0 Å². The van der Waals surface area contributed by atoms with E-state index in [1.807, 2.05) is 79.7 Å². The van der Waals surface area contributed by atoms with Crippen molar-refractivity contribution in [2.24, 2.45) is 0 Å². The number of hydrogen-bond donors (Lipinski definition) is 1. The van der Waals surface area contributed by atoms with Gasteiger partial charge in [0.25, 0.3) is 10.0 Å². The lowest BCUT2D eigenvalue weighted by Gasteiger charge is -2.33. The highest BCUT2D eigenvalue weighted by molar-refractivity contribution is 7.92. The van der Waals surface area contributed by atoms with Gasteiger partial charge in [0.15, 0.2) is 0 Å². The summed E-state index contributed by atoms with van der Waals surface area (Å²) in [4.78, 5) is 29.0. The smallest absolute Gasteiger partial charge is 0.264 e. The van der Waals surface area contributed by atoms with Crippen molar-refractivity contribution in [2.75, 3.05) is 17.9 Å². The van der Waals surface area contributed by atoms with Gasteiger partial charge in [-0.2, -0.15) is 0 Å². The maximum Gasteiger partial charge on any atom is 0.264 e. The Hall–Kier alpha value is -4.43. The summed E-state index contributed by atoms with van der Waals surface area (Å²) in [6.07, 6.45) is 1.07. The van der Waals surface area contributed by atoms with E-state index in [1.165, 1.54) is 24.1 Å². The fraction of sp³-hybridized carbons (Fsp3) is 0.212. The van der Waals surface area contributed by atoms with Gasteiger partial charge < -0.3 is 10.2 Å². The van der Waals surface area contributed by atoms with Gasteiger partial charge in [-0.3, -0.25) is 13.9 Å². The van der Waals surface area contributed by atoms with Gasteiger partial charge in [-0.1, -0.05) is 97.9 Å². The topological polar surface area (TPSA) is 86.8 Å². The number of nitrogens with one attached hydrogen (secondary N) is 1. The molecule has 4 rings (SSSR count). The largest absolute Gasteiger partial charge is 0.357 e. The molecule has 1 atom stereocenters. The zero-order chi connectivity index (χ0) is 29.2. The Labute approximate surface area is 242 Å². The Morgan fingerprint density at radius 1 is 0.732 bits per heavy atom. The SMILES string of the molecule is CCc1ccc(N(CC(=O)N(Cc2ccccc2)[C@H](Cc2ccccc2)C(=O)NC)S(=O)(=O)c2ccccc2)cc1. The summed E-state index contributed by atoms with van der Waals surface area (Å²) >= 11 is 0. The van der Waals surface area contributed by atoms with Crippen LogP contribution in [0.25, 0.3) is 0 Å². The molecule has 0 unspecified atom stereocenters. The summed E-state index contributed by atoms with van der Waals surface area (Å²) in [6, 6.07) is 33.2. The molecule has 0 bridgehead atoms. The first kappa shape index (κ1) is 29.6. The second-order valence-corrected chi connectivity index (χ2v) is 11.5. The lowest BCUT2D eigenvalue weighted by Crippen LogP contribution is -2.53. The Morgan fingerprint density at radius 3 is 1.80 bits per heavy atom. The van der Waals surface area contributed by atoms with E-state index in [0.717, 1.165) is 27.4 Å². The van der Waals surface area contributed by atoms with Crippen LogP contribution in [0.5, 0.6) is 0 Å². The van der Waals surface area contributed by atoms with E-state index in [2.05, 4.69) is 5.32 Å². The summed E-state index contributed by atoms with van der Waals surface area (Å²) in [5, 5.41) is 2.70. The fourth-order valence-electron chi connectivity index (χ4n) is 4.65. The van der Waals surface area contributed by atoms with Crippen LogP contribution in [-0.2, 0) is 39.0 Å². The number of likely N-dealkylation sites (N-methyl/N-ethyl adjacent to an activating group) is 1. The van der Waals surface area contributed by atoms with E-state index in [-0.39, 0.29) is 23.8 Å². The predicted molar refractivity (Wildman–Crippen MR) is 162 cm³/mol. The van der Waals surface area contributed by atoms with Gasteiger partial charge in [0.05, 0.1) is 10.6 Å². The van der Waals surface area contributed by atoms with Crippen molar-refractivity contribution >= 4 is 27.5 Å². The summed E-state index contributed by atoms with van der Waals surface area (Å²) in [7, 11) is -2.57. The first-order valence-electron chi connectivity index (χ1n) is 13.6. The average Bonchev–Trinajstić information content (AvgIpc) is 3.02. The highest BCUT2D eigenvalue weighted by Crippen LogP contribution is 2.25. The van der Waals surface area contributed by atoms with Crippen molar-refractivity contribution in [3.8, 4) is 0 Å². The minimum atomic E-state index is -4.10. The first-order valence-corrected chi connectivity index (χ1v) is 15.0. The van der Waals surface area contributed by atoms with Gasteiger partial charge in [0, 0.05) is 20.0 Å². The number of sulfonamides is 1. The second-order valence-electron chi connectivity index (χ2n) is 9.67. The van der Waals surface area contributed by atoms with E-state index in [4.69, 9.17) is 0 Å². The van der Waals surface area contributed by atoms with Crippen LogP contribution in [0.2, 0.25) is 0 Å². The number of carbonyl (C=O) groups is 2. The standard InChI is InChI=1S/C33H35N3O4S/c1-3-26-19-21-29(22-20-26)36(41(39,40)30-17-11-6-12-18-30)25-32(37)35(24-28-15-9-5-10-16-28)31(33(38)34-2)23-27-13-7-4-8-14-27/h4-22,31H,3,23-25H2,1-2H3,(H,34,38)/t31-/m1/s1. The molecule has 8 heteroatoms. The number of anilines is 1. The van der Waals surface area contributed by atoms with Crippen molar-refractivity contribution in [3.63, 3.8) is 0 Å². The second kappa shape index (κ2) is 13.8. The monoisotopic (exact) mass is 569 g/mol. The Balaban J connectivity index is 1.76. The maximum atomic E-state index is 14.2. The molecular formula is C33H35N3O4S. The van der Waals surface area contributed by atoms with Crippen LogP contribution < -0.4 is 9.62 Å². The third-order valence-corrected chi connectivity index (χ3v) is 8.74. The molecule has 0 saturated carbocycles. The lowest BCUT2D eigenvalue weighted by molar-refractivity contribution is -0.139. The average molecular weight is 570 g/mol. The summed E-state index contributed by atoms with van der Waals surface area (Å²) in [5.41, 5.74) is 3.13. The highest BCUT2D eigenvalue weighted by Gasteiger charge is 2.34. The van der Waals surface area contributed by atoms with E-state index in [1.54, 1.807) is 30.3 Å². The molecule has 7 nitrogen and oxygen atoms in total. The van der Waals surface area contributed by atoms with Gasteiger partial charge in [-0.25, -0.2) is 8.42 Å². The molecule has 212 valence electrons. The quantitative estimate of drug-likeness (QED) is 0.265. The molecule has 0 saturated heterocycles. The summed E-state index contributed by atoms with van der Waals surface area (Å²) < 4.78 is 29.0. The molecule has 0 aliphatic heterocycles. The molecule has 0 fully saturated rings. The van der Waals surface area contributed by atoms with Gasteiger partial charge in [-0.15, -0.1) is 0 Å². The van der Waals surface area contributed by atoms with Crippen molar-refractivity contribution < 1.29 is 18.0 Å². The molecule has 4 aromatic carbocycles. The molecule has 0 spiro atoms. The minimum Gasteiger partial charge on any atom is -0.357 e. The number of amides is 2. The highest BCUT2D eigenvalue weighted by atomic mass is 32.2. The third kappa shape index (κ3) is 7.41. The van der Waals surface area contributed by atoms with Crippen LogP contribution in [0.15, 0.2) is 120 Å². The molecule has 0 aromatic heterocycles. The van der Waals surface area contributed by atoms with E-state index in [9.17, 15) is 18.0 Å². The summed E-state index contributed by atoms with van der Waals surface area (Å²) in [6.45, 7) is 1.68. The number of benzene rings is 4. The zero-order valence-corrected chi connectivity index (χ0v) is 24.1. The maximum absolute atomic E-state index is 14.2. The molecule has 2 amide bonds. The Morgan fingerprint density at radius 2 is 1.27 bits per heavy atom. The third-order valence-electron chi connectivity index (χ3n) is 6.96. The van der Waals surface area contributed by atoms with E-state index < -0.39 is 28.5 Å². The molecule has 4 aromatic rings. The van der Waals surface area contributed by atoms with Crippen LogP contribution in [0, 0.1) is 0 Å². The molecule has 0 heterocycles. The molecule has 0 aliphatic carbocycles. The molecule has 1 N–H and O–H groups in total. The van der Waals surface area contributed by atoms with Crippen LogP contribution in [0.3, 0.4) is 0 Å². The fourth-order valence-corrected chi connectivity index (χ4v) is 6.08. The van der Waals surface area contributed by atoms with Crippen LogP contribution in [-0.4, -0.2) is 44.8 Å². The predicted octanol–water partition coefficient (Wildman–Crippen LogP) is 4.83. The molecule has 0 radical (unpaired) electrons. The van der Waals surface area contributed by atoms with E-state index >= 15 is 0 Å². The molecule has 0 aliphatic rings. The normalized spacial score (nSPS) is 11.9. The van der Waals surface area contributed by atoms with Gasteiger partial charge in [-0.05, 0) is 47.4 Å². The summed E-state index contributed by atoms with van der Waals surface area (Å²) in [5.74, 6) is -0.819. The van der Waals surface area contributed by atoms with Gasteiger partial charge in [0.1, 0.15) is 12.6 Å². The number of hydrogen-bond acceptors (Lipinski definition) is 4. The van der Waals surface area contributed by atoms with Gasteiger partial charge >= 0.3 is 0 Å². The Bertz CT molecular complexity index is 1530. The van der Waals surface area contributed by atoms with E-state index in [0.29, 0.717) is 5.69 Å². The lowest BCUT2D eigenvalue weighted by atomic mass is 10.0. The van der Waals surface area contributed by atoms with Crippen molar-refractivity contribution in [2.45, 2.75) is 37.2 Å². The molecular weight excluding hydrogens is 534 g/mol. The van der Waals surface area contributed by atoms with Crippen LogP contribution in [0.1, 0.15) is 23.6 Å². The number of aryl methyl sites for hydroxylation is 1. The van der Waals surface area contributed by atoms with Crippen LogP contribution in [0.4, 0.5) is 5.69 Å². The Kier molecular flexibility index (Phi) is 9.92. The first-order chi connectivity index (χ1) is 19.8. The van der Waals surface area contributed by atoms with Crippen molar-refractivity contribution in [1.82, 2.24) is 10.2 Å². The van der Waals surface area contributed by atoms with Crippen molar-refractivity contribution in [3.05, 3.63) is 132 Å². The van der Waals surface area contributed by atoms with Gasteiger partial charge in [0.2, 0.25) is 11.8 Å². The number of nitrogens with zero attached hydrogens (tertiary/aromatic N) is 2. The molecule has 41 heavy (non-hydrogen) atoms. The number of rotatable bonds is 12. The number of carbonyl (C=O) groups excluding carboxylic acids is 2. The zero-order valence-electron chi connectivity index (χ0n) is 23.3. The minimum absolute atomic E-state index is 0.0779.